The van der Waals surface area contributed by atoms with Gasteiger partial charge in [-0.3, -0.25) is 0 Å². The lowest BCUT2D eigenvalue weighted by atomic mass is 9.89. The van der Waals surface area contributed by atoms with Crippen molar-refractivity contribution in [2.45, 2.75) is 44.6 Å². The van der Waals surface area contributed by atoms with E-state index >= 15 is 0 Å². The van der Waals surface area contributed by atoms with Crippen LogP contribution in [0, 0.1) is 5.92 Å². The summed E-state index contributed by atoms with van der Waals surface area (Å²) < 4.78 is 1.94. The highest BCUT2D eigenvalue weighted by molar-refractivity contribution is 5.20. The van der Waals surface area contributed by atoms with Gasteiger partial charge in [0.2, 0.25) is 0 Å². The summed E-state index contributed by atoms with van der Waals surface area (Å²) >= 11 is 0. The molecule has 1 aromatic carbocycles. The normalized spacial score (nSPS) is 21.2. The van der Waals surface area contributed by atoms with E-state index in [1.54, 1.807) is 6.20 Å². The number of aliphatic hydroxyl groups is 1. The molecule has 0 spiro atoms. The first kappa shape index (κ1) is 18.2. The van der Waals surface area contributed by atoms with Crippen LogP contribution in [0.25, 0.3) is 0 Å². The maximum Gasteiger partial charge on any atom is 0.137 e. The Morgan fingerprint density at radius 1 is 1.28 bits per heavy atom. The van der Waals surface area contributed by atoms with E-state index in [9.17, 15) is 5.11 Å². The number of nitrogens with zero attached hydrogens (tertiary/aromatic N) is 3. The van der Waals surface area contributed by atoms with Crippen LogP contribution in [0.15, 0.2) is 42.7 Å². The molecule has 0 aliphatic carbocycles. The molecule has 25 heavy (non-hydrogen) atoms. The molecule has 1 aromatic heterocycles. The highest BCUT2D eigenvalue weighted by Crippen LogP contribution is 2.31. The third kappa shape index (κ3) is 4.50. The van der Waals surface area contributed by atoms with Gasteiger partial charge in [-0.05, 0) is 37.3 Å². The van der Waals surface area contributed by atoms with Crippen molar-refractivity contribution in [3.63, 3.8) is 0 Å². The molecule has 1 saturated heterocycles. The molecule has 3 atom stereocenters. The molecule has 3 rings (SSSR count). The molecule has 0 amide bonds. The van der Waals surface area contributed by atoms with Gasteiger partial charge in [0.1, 0.15) is 11.9 Å². The first-order chi connectivity index (χ1) is 12.2. The zero-order valence-electron chi connectivity index (χ0n) is 15.5. The van der Waals surface area contributed by atoms with Crippen LogP contribution in [0.2, 0.25) is 0 Å². The second-order valence-electron chi connectivity index (χ2n) is 7.40. The van der Waals surface area contributed by atoms with Gasteiger partial charge in [0.05, 0.1) is 0 Å². The monoisotopic (exact) mass is 341 g/mol. The highest BCUT2D eigenvalue weighted by Gasteiger charge is 2.30. The molecule has 2 heterocycles. The van der Waals surface area contributed by atoms with Crippen molar-refractivity contribution in [1.29, 1.82) is 0 Å². The lowest BCUT2D eigenvalue weighted by Crippen LogP contribution is -2.40. The van der Waals surface area contributed by atoms with E-state index in [0.29, 0.717) is 5.92 Å². The third-order valence-corrected chi connectivity index (χ3v) is 5.50. The van der Waals surface area contributed by atoms with Crippen LogP contribution in [0.1, 0.15) is 56.0 Å². The van der Waals surface area contributed by atoms with Crippen molar-refractivity contribution < 1.29 is 5.11 Å². The predicted molar refractivity (Wildman–Crippen MR) is 101 cm³/mol. The maximum atomic E-state index is 10.8. The first-order valence-corrected chi connectivity index (χ1v) is 9.61. The molecule has 1 N–H and O–H groups in total. The zero-order valence-corrected chi connectivity index (χ0v) is 15.5. The Labute approximate surface area is 151 Å². The minimum absolute atomic E-state index is 0.271. The van der Waals surface area contributed by atoms with Crippen LogP contribution in [0.4, 0.5) is 0 Å². The van der Waals surface area contributed by atoms with Crippen LogP contribution >= 0.6 is 0 Å². The SMILES string of the molecule is CCCC(CN1CCCC(C(O)c2nccn2C)C1)c1ccccc1. The number of piperidine rings is 1. The summed E-state index contributed by atoms with van der Waals surface area (Å²) in [6, 6.07) is 10.9. The fourth-order valence-electron chi connectivity index (χ4n) is 4.14. The van der Waals surface area contributed by atoms with Gasteiger partial charge < -0.3 is 14.6 Å². The lowest BCUT2D eigenvalue weighted by Gasteiger charge is -2.37. The third-order valence-electron chi connectivity index (χ3n) is 5.50. The van der Waals surface area contributed by atoms with Crippen molar-refractivity contribution in [3.8, 4) is 0 Å². The summed E-state index contributed by atoms with van der Waals surface area (Å²) in [5.41, 5.74) is 1.44. The summed E-state index contributed by atoms with van der Waals surface area (Å²) in [5.74, 6) is 1.64. The minimum atomic E-state index is -0.468. The quantitative estimate of drug-likeness (QED) is 0.834. The molecule has 1 aliphatic heterocycles. The van der Waals surface area contributed by atoms with Crippen LogP contribution in [0.3, 0.4) is 0 Å². The van der Waals surface area contributed by atoms with Gasteiger partial charge in [0.25, 0.3) is 0 Å². The summed E-state index contributed by atoms with van der Waals surface area (Å²) in [4.78, 5) is 6.90. The number of likely N-dealkylation sites (tertiary alicyclic amines) is 1. The molecule has 2 aromatic rings. The summed E-state index contributed by atoms with van der Waals surface area (Å²) in [7, 11) is 1.96. The van der Waals surface area contributed by atoms with Gasteiger partial charge in [-0.25, -0.2) is 4.98 Å². The van der Waals surface area contributed by atoms with Crippen LogP contribution in [-0.2, 0) is 7.05 Å². The van der Waals surface area contributed by atoms with Crippen LogP contribution in [0.5, 0.6) is 0 Å². The summed E-state index contributed by atoms with van der Waals surface area (Å²) in [6.07, 6.45) is 7.86. The highest BCUT2D eigenvalue weighted by atomic mass is 16.3. The minimum Gasteiger partial charge on any atom is -0.385 e. The number of aromatic nitrogens is 2. The van der Waals surface area contributed by atoms with E-state index in [-0.39, 0.29) is 5.92 Å². The smallest absolute Gasteiger partial charge is 0.137 e. The Morgan fingerprint density at radius 2 is 2.08 bits per heavy atom. The maximum absolute atomic E-state index is 10.8. The second kappa shape index (κ2) is 8.63. The van der Waals surface area contributed by atoms with E-state index in [2.05, 4.69) is 47.1 Å². The van der Waals surface area contributed by atoms with Crippen LogP contribution in [-0.4, -0.2) is 39.2 Å². The standard InChI is InChI=1S/C21H31N3O/c1-3-8-18(17-9-5-4-6-10-17)15-24-13-7-11-19(16-24)20(25)21-22-12-14-23(21)2/h4-6,9-10,12,14,18-20,25H,3,7-8,11,13,15-16H2,1-2H3. The van der Waals surface area contributed by atoms with E-state index < -0.39 is 6.10 Å². The van der Waals surface area contributed by atoms with Gasteiger partial charge in [0.15, 0.2) is 0 Å². The van der Waals surface area contributed by atoms with Crippen molar-refractivity contribution >= 4 is 0 Å². The molecule has 1 fully saturated rings. The summed E-state index contributed by atoms with van der Waals surface area (Å²) in [6.45, 7) is 5.44. The number of aliphatic hydroxyl groups excluding tert-OH is 1. The molecule has 0 radical (unpaired) electrons. The molecule has 1 aliphatic rings. The number of imidazole rings is 1. The fourth-order valence-corrected chi connectivity index (χ4v) is 4.14. The van der Waals surface area contributed by atoms with Crippen molar-refractivity contribution in [3.05, 3.63) is 54.1 Å². The van der Waals surface area contributed by atoms with Gasteiger partial charge in [-0.15, -0.1) is 0 Å². The zero-order chi connectivity index (χ0) is 17.6. The Morgan fingerprint density at radius 3 is 2.76 bits per heavy atom. The summed E-state index contributed by atoms with van der Waals surface area (Å²) in [5, 5.41) is 10.8. The first-order valence-electron chi connectivity index (χ1n) is 9.61. The predicted octanol–water partition coefficient (Wildman–Crippen LogP) is 3.75. The molecule has 4 heteroatoms. The Bertz CT molecular complexity index is 640. The number of hydrogen-bond donors (Lipinski definition) is 1. The Hall–Kier alpha value is -1.65. The van der Waals surface area contributed by atoms with Gasteiger partial charge in [-0.1, -0.05) is 43.7 Å². The number of rotatable bonds is 7. The number of aryl methyl sites for hydroxylation is 1. The van der Waals surface area contributed by atoms with E-state index in [1.165, 1.54) is 18.4 Å². The topological polar surface area (TPSA) is 41.3 Å². The molecular weight excluding hydrogens is 310 g/mol. The molecule has 136 valence electrons. The molecular formula is C21H31N3O. The molecule has 3 unspecified atom stereocenters. The van der Waals surface area contributed by atoms with Crippen molar-refractivity contribution in [2.75, 3.05) is 19.6 Å². The average molecular weight is 341 g/mol. The molecule has 0 bridgehead atoms. The number of benzene rings is 1. The number of hydrogen-bond acceptors (Lipinski definition) is 3. The fraction of sp³-hybridized carbons (Fsp3) is 0.571. The lowest BCUT2D eigenvalue weighted by molar-refractivity contribution is 0.0407. The average Bonchev–Trinajstić information content (AvgIpc) is 3.08. The molecule has 4 nitrogen and oxygen atoms in total. The Balaban J connectivity index is 1.65. The van der Waals surface area contributed by atoms with Crippen molar-refractivity contribution in [2.24, 2.45) is 13.0 Å². The van der Waals surface area contributed by atoms with E-state index in [1.807, 2.05) is 17.8 Å². The Kier molecular flexibility index (Phi) is 6.27. The van der Waals surface area contributed by atoms with E-state index in [0.717, 1.165) is 38.3 Å². The van der Waals surface area contributed by atoms with Gasteiger partial charge in [-0.2, -0.15) is 0 Å². The molecule has 0 saturated carbocycles. The van der Waals surface area contributed by atoms with Gasteiger partial charge in [0, 0.05) is 38.4 Å². The second-order valence-corrected chi connectivity index (χ2v) is 7.40. The van der Waals surface area contributed by atoms with Gasteiger partial charge >= 0.3 is 0 Å². The van der Waals surface area contributed by atoms with Crippen LogP contribution < -0.4 is 0 Å². The van der Waals surface area contributed by atoms with Crippen molar-refractivity contribution in [1.82, 2.24) is 14.5 Å². The van der Waals surface area contributed by atoms with E-state index in [4.69, 9.17) is 0 Å². The largest absolute Gasteiger partial charge is 0.385 e.